The van der Waals surface area contributed by atoms with Crippen molar-refractivity contribution >= 4 is 17.7 Å². The molecule has 5 heteroatoms. The molecule has 40 heavy (non-hydrogen) atoms. The molecule has 0 N–H and O–H groups in total. The van der Waals surface area contributed by atoms with E-state index in [1.807, 2.05) is 24.3 Å². The predicted octanol–water partition coefficient (Wildman–Crippen LogP) is 7.29. The lowest BCUT2D eigenvalue weighted by Crippen LogP contribution is -2.50. The Hall–Kier alpha value is -2.95. The van der Waals surface area contributed by atoms with Crippen LogP contribution in [0.1, 0.15) is 94.9 Å². The molecule has 0 spiro atoms. The number of hydrogen-bond donors (Lipinski definition) is 0. The van der Waals surface area contributed by atoms with Crippen LogP contribution in [0.2, 0.25) is 0 Å². The van der Waals surface area contributed by atoms with Gasteiger partial charge in [0.15, 0.2) is 0 Å². The maximum atomic E-state index is 13.0. The molecule has 0 aromatic heterocycles. The molecule has 5 aliphatic rings. The second-order valence-corrected chi connectivity index (χ2v) is 14.5. The highest BCUT2D eigenvalue weighted by Gasteiger charge is 2.58. The van der Waals surface area contributed by atoms with Gasteiger partial charge >= 0.3 is 6.16 Å². The number of ether oxygens (including phenoxy) is 2. The smallest absolute Gasteiger partial charge is 0.395 e. The van der Waals surface area contributed by atoms with Crippen molar-refractivity contribution in [1.29, 1.82) is 0 Å². The summed E-state index contributed by atoms with van der Waals surface area (Å²) >= 11 is 0. The first-order chi connectivity index (χ1) is 19.0. The lowest BCUT2D eigenvalue weighted by atomic mass is 9.50. The third kappa shape index (κ3) is 3.83. The molecule has 0 amide bonds. The standard InChI is InChI=1S/C35H40O5/c1-20-16-35-19-24(37)7-11-28(35)27(20)13-21-5-9-26(15-30(21)35)40-32(38)39-25-10-6-22-17-33(2,3)31-12-8-23(36)18-34(31,4)29(22)14-25/h5-6,9-10,14-15,20,27-28,31H,7-8,11-13,16-19H2,1-4H3/t20?,27-,28-,31-,34+,35?/m0/s1. The number of fused-ring (bicyclic) bond motifs is 4. The van der Waals surface area contributed by atoms with Crippen LogP contribution < -0.4 is 9.47 Å². The summed E-state index contributed by atoms with van der Waals surface area (Å²) in [7, 11) is 0. The molecule has 3 fully saturated rings. The van der Waals surface area contributed by atoms with Gasteiger partial charge < -0.3 is 9.47 Å². The Kier molecular flexibility index (Phi) is 5.70. The minimum absolute atomic E-state index is 0.106. The molecule has 5 nitrogen and oxygen atoms in total. The molecule has 5 aliphatic carbocycles. The van der Waals surface area contributed by atoms with Gasteiger partial charge in [0.05, 0.1) is 0 Å². The number of rotatable bonds is 2. The summed E-state index contributed by atoms with van der Waals surface area (Å²) in [5, 5.41) is 0. The van der Waals surface area contributed by atoms with Crippen molar-refractivity contribution in [3.63, 3.8) is 0 Å². The van der Waals surface area contributed by atoms with Crippen molar-refractivity contribution in [1.82, 2.24) is 0 Å². The third-order valence-electron chi connectivity index (χ3n) is 11.7. The molecule has 2 unspecified atom stereocenters. The SMILES string of the molecule is CC1CC23CC(=O)CC[C@H]2[C@H]1Cc1ccc(OC(=O)Oc2ccc4c(c2)[C@@]2(C)CC(=O)CC[C@H]2C(C)(C)C4)cc13. The Bertz CT molecular complexity index is 1440. The summed E-state index contributed by atoms with van der Waals surface area (Å²) in [6.45, 7) is 9.17. The Morgan fingerprint density at radius 3 is 2.23 bits per heavy atom. The minimum Gasteiger partial charge on any atom is -0.395 e. The summed E-state index contributed by atoms with van der Waals surface area (Å²) < 4.78 is 11.5. The number of carbonyl (C=O) groups excluding carboxylic acids is 3. The van der Waals surface area contributed by atoms with E-state index in [9.17, 15) is 14.4 Å². The van der Waals surface area contributed by atoms with Crippen molar-refractivity contribution < 1.29 is 23.9 Å². The number of Topliss-reactive ketones (excluding diaryl/α,β-unsaturated/α-hetero) is 2. The Labute approximate surface area is 237 Å². The monoisotopic (exact) mass is 540 g/mol. The van der Waals surface area contributed by atoms with Crippen LogP contribution in [0.5, 0.6) is 11.5 Å². The average Bonchev–Trinajstić information content (AvgIpc) is 3.09. The summed E-state index contributed by atoms with van der Waals surface area (Å²) in [6, 6.07) is 11.8. The molecule has 3 saturated carbocycles. The lowest BCUT2D eigenvalue weighted by molar-refractivity contribution is -0.125. The van der Waals surface area contributed by atoms with Crippen molar-refractivity contribution in [2.45, 2.75) is 96.3 Å². The summed E-state index contributed by atoms with van der Waals surface area (Å²) in [5.74, 6) is 3.74. The molecule has 2 aromatic rings. The van der Waals surface area contributed by atoms with Crippen LogP contribution in [-0.4, -0.2) is 17.7 Å². The Balaban J connectivity index is 1.14. The molecule has 210 valence electrons. The van der Waals surface area contributed by atoms with E-state index in [1.54, 1.807) is 0 Å². The lowest BCUT2D eigenvalue weighted by Gasteiger charge is -2.54. The van der Waals surface area contributed by atoms with Crippen LogP contribution in [0, 0.1) is 29.1 Å². The van der Waals surface area contributed by atoms with E-state index in [1.165, 1.54) is 16.7 Å². The molecule has 0 radical (unpaired) electrons. The number of ketones is 2. The maximum absolute atomic E-state index is 13.0. The second-order valence-electron chi connectivity index (χ2n) is 14.5. The fourth-order valence-electron chi connectivity index (χ4n) is 10.3. The van der Waals surface area contributed by atoms with E-state index in [-0.39, 0.29) is 16.2 Å². The fourth-order valence-corrected chi connectivity index (χ4v) is 10.3. The van der Waals surface area contributed by atoms with Gasteiger partial charge in [0.1, 0.15) is 23.1 Å². The van der Waals surface area contributed by atoms with Gasteiger partial charge in [0, 0.05) is 36.5 Å². The van der Waals surface area contributed by atoms with Crippen LogP contribution in [-0.2, 0) is 33.3 Å². The second kappa shape index (κ2) is 8.77. The minimum atomic E-state index is -0.764. The third-order valence-corrected chi connectivity index (χ3v) is 11.7. The molecule has 0 saturated heterocycles. The number of hydrogen-bond acceptors (Lipinski definition) is 5. The van der Waals surface area contributed by atoms with Crippen LogP contribution in [0.4, 0.5) is 4.79 Å². The van der Waals surface area contributed by atoms with Crippen LogP contribution in [0.15, 0.2) is 36.4 Å². The zero-order valence-corrected chi connectivity index (χ0v) is 24.2. The molecular formula is C35H40O5. The van der Waals surface area contributed by atoms with Gasteiger partial charge in [-0.05, 0) is 108 Å². The van der Waals surface area contributed by atoms with E-state index in [4.69, 9.17) is 9.47 Å². The normalized spacial score (nSPS) is 35.2. The summed E-state index contributed by atoms with van der Waals surface area (Å²) in [6.07, 6.45) is 6.61. The summed E-state index contributed by atoms with van der Waals surface area (Å²) in [4.78, 5) is 38.2. The highest BCUT2D eigenvalue weighted by atomic mass is 16.7. The van der Waals surface area contributed by atoms with Crippen LogP contribution >= 0.6 is 0 Å². The zero-order valence-electron chi connectivity index (χ0n) is 24.2. The van der Waals surface area contributed by atoms with E-state index < -0.39 is 6.16 Å². The zero-order chi connectivity index (χ0) is 28.0. The Morgan fingerprint density at radius 1 is 0.825 bits per heavy atom. The predicted molar refractivity (Wildman–Crippen MR) is 152 cm³/mol. The van der Waals surface area contributed by atoms with E-state index in [0.717, 1.165) is 37.7 Å². The van der Waals surface area contributed by atoms with Crippen molar-refractivity contribution in [3.8, 4) is 11.5 Å². The summed E-state index contributed by atoms with van der Waals surface area (Å²) in [5.41, 5.74) is 4.57. The van der Waals surface area contributed by atoms with Gasteiger partial charge in [-0.1, -0.05) is 39.8 Å². The first-order valence-electron chi connectivity index (χ1n) is 15.2. The van der Waals surface area contributed by atoms with Gasteiger partial charge in [-0.2, -0.15) is 0 Å². The molecule has 0 heterocycles. The molecular weight excluding hydrogens is 500 g/mol. The molecule has 2 aromatic carbocycles. The first-order valence-corrected chi connectivity index (χ1v) is 15.2. The fraction of sp³-hybridized carbons (Fsp3) is 0.571. The number of carbonyl (C=O) groups is 3. The van der Waals surface area contributed by atoms with Gasteiger partial charge in [0.25, 0.3) is 0 Å². The molecule has 7 rings (SSSR count). The first kappa shape index (κ1) is 26.0. The largest absolute Gasteiger partial charge is 0.519 e. The average molecular weight is 541 g/mol. The van der Waals surface area contributed by atoms with Gasteiger partial charge in [-0.15, -0.1) is 0 Å². The van der Waals surface area contributed by atoms with Crippen molar-refractivity contribution in [2.75, 3.05) is 0 Å². The van der Waals surface area contributed by atoms with Gasteiger partial charge in [-0.3, -0.25) is 9.59 Å². The number of benzene rings is 2. The Morgan fingerprint density at radius 2 is 1.48 bits per heavy atom. The van der Waals surface area contributed by atoms with Crippen LogP contribution in [0.3, 0.4) is 0 Å². The van der Waals surface area contributed by atoms with Crippen molar-refractivity contribution in [2.24, 2.45) is 29.1 Å². The molecule has 0 aliphatic heterocycles. The van der Waals surface area contributed by atoms with Gasteiger partial charge in [0.2, 0.25) is 0 Å². The topological polar surface area (TPSA) is 69.7 Å². The molecule has 2 bridgehead atoms. The van der Waals surface area contributed by atoms with Crippen molar-refractivity contribution in [3.05, 3.63) is 58.7 Å². The van der Waals surface area contributed by atoms with E-state index in [0.29, 0.717) is 72.4 Å². The molecule has 6 atom stereocenters. The van der Waals surface area contributed by atoms with Crippen LogP contribution in [0.25, 0.3) is 0 Å². The highest BCUT2D eigenvalue weighted by Crippen LogP contribution is 2.62. The highest BCUT2D eigenvalue weighted by molar-refractivity contribution is 5.82. The van der Waals surface area contributed by atoms with Gasteiger partial charge in [-0.25, -0.2) is 4.79 Å². The van der Waals surface area contributed by atoms with E-state index in [2.05, 4.69) is 39.8 Å². The quantitative estimate of drug-likeness (QED) is 0.295. The van der Waals surface area contributed by atoms with E-state index >= 15 is 0 Å². The maximum Gasteiger partial charge on any atom is 0.519 e.